The summed E-state index contributed by atoms with van der Waals surface area (Å²) in [7, 11) is 1.85. The second-order valence-electron chi connectivity index (χ2n) is 9.31. The maximum absolute atomic E-state index is 13.3. The van der Waals surface area contributed by atoms with Gasteiger partial charge in [-0.25, -0.2) is 4.79 Å². The molecule has 31 heavy (non-hydrogen) atoms. The van der Waals surface area contributed by atoms with Gasteiger partial charge >= 0.3 is 6.09 Å². The number of amides is 3. The summed E-state index contributed by atoms with van der Waals surface area (Å²) in [5.41, 5.74) is 0.340. The molecule has 2 saturated heterocycles. The SMILES string of the molecule is C=CC(=O)N1CCCC(C(=O)N2C[C@@H](NC(=O)OC(C)(C)C)[C@H](c3ccnn3C)C2)C1. The van der Waals surface area contributed by atoms with Crippen molar-refractivity contribution in [3.05, 3.63) is 30.6 Å². The van der Waals surface area contributed by atoms with E-state index in [4.69, 9.17) is 4.74 Å². The first kappa shape index (κ1) is 22.8. The van der Waals surface area contributed by atoms with Gasteiger partial charge in [-0.15, -0.1) is 0 Å². The molecule has 1 unspecified atom stereocenters. The van der Waals surface area contributed by atoms with Crippen molar-refractivity contribution in [3.8, 4) is 0 Å². The minimum atomic E-state index is -0.608. The highest BCUT2D eigenvalue weighted by atomic mass is 16.6. The molecule has 9 nitrogen and oxygen atoms in total. The van der Waals surface area contributed by atoms with Crippen LogP contribution in [0.25, 0.3) is 0 Å². The molecule has 0 aromatic carbocycles. The van der Waals surface area contributed by atoms with Gasteiger partial charge in [-0.3, -0.25) is 14.3 Å². The van der Waals surface area contributed by atoms with Crippen molar-refractivity contribution in [3.63, 3.8) is 0 Å². The number of alkyl carbamates (subject to hydrolysis) is 1. The average molecular weight is 432 g/mol. The second kappa shape index (κ2) is 9.11. The smallest absolute Gasteiger partial charge is 0.407 e. The maximum atomic E-state index is 13.3. The summed E-state index contributed by atoms with van der Waals surface area (Å²) in [5, 5.41) is 7.20. The first-order valence-corrected chi connectivity index (χ1v) is 10.8. The highest BCUT2D eigenvalue weighted by molar-refractivity contribution is 5.88. The number of nitrogens with zero attached hydrogens (tertiary/aromatic N) is 4. The standard InChI is InChI=1S/C22H33N5O4/c1-6-19(28)26-11-7-8-15(12-26)20(29)27-13-16(18-9-10-23-25(18)5)17(14-27)24-21(30)31-22(2,3)4/h6,9-10,15-17H,1,7-8,11-14H2,2-5H3,(H,24,30)/t15?,16-,17-/m1/s1. The first-order chi connectivity index (χ1) is 14.6. The van der Waals surface area contributed by atoms with Gasteiger partial charge < -0.3 is 19.9 Å². The Morgan fingerprint density at radius 3 is 2.58 bits per heavy atom. The summed E-state index contributed by atoms with van der Waals surface area (Å²) in [6.07, 6.45) is 4.04. The van der Waals surface area contributed by atoms with Crippen LogP contribution in [0.2, 0.25) is 0 Å². The van der Waals surface area contributed by atoms with Crippen molar-refractivity contribution >= 4 is 17.9 Å². The lowest BCUT2D eigenvalue weighted by atomic mass is 9.96. The largest absolute Gasteiger partial charge is 0.444 e. The van der Waals surface area contributed by atoms with Crippen LogP contribution < -0.4 is 5.32 Å². The van der Waals surface area contributed by atoms with E-state index in [0.29, 0.717) is 26.2 Å². The maximum Gasteiger partial charge on any atom is 0.407 e. The van der Waals surface area contributed by atoms with E-state index in [-0.39, 0.29) is 29.7 Å². The Balaban J connectivity index is 1.74. The predicted octanol–water partition coefficient (Wildman–Crippen LogP) is 1.66. The van der Waals surface area contributed by atoms with Gasteiger partial charge in [0, 0.05) is 51.0 Å². The summed E-state index contributed by atoms with van der Waals surface area (Å²) in [4.78, 5) is 41.2. The number of piperidine rings is 1. The quantitative estimate of drug-likeness (QED) is 0.732. The minimum Gasteiger partial charge on any atom is -0.444 e. The van der Waals surface area contributed by atoms with Gasteiger partial charge in [0.25, 0.3) is 0 Å². The Kier molecular flexibility index (Phi) is 6.71. The molecule has 3 heterocycles. The van der Waals surface area contributed by atoms with E-state index in [1.807, 2.05) is 33.9 Å². The Labute approximate surface area is 183 Å². The third kappa shape index (κ3) is 5.45. The second-order valence-corrected chi connectivity index (χ2v) is 9.31. The zero-order valence-electron chi connectivity index (χ0n) is 18.8. The number of nitrogens with one attached hydrogen (secondary N) is 1. The predicted molar refractivity (Wildman–Crippen MR) is 115 cm³/mol. The van der Waals surface area contributed by atoms with E-state index >= 15 is 0 Å². The summed E-state index contributed by atoms with van der Waals surface area (Å²) >= 11 is 0. The molecule has 0 spiro atoms. The van der Waals surface area contributed by atoms with Gasteiger partial charge in [0.2, 0.25) is 11.8 Å². The molecule has 3 rings (SSSR count). The molecule has 1 aromatic rings. The Bertz CT molecular complexity index is 843. The van der Waals surface area contributed by atoms with Crippen molar-refractivity contribution in [2.24, 2.45) is 13.0 Å². The highest BCUT2D eigenvalue weighted by Crippen LogP contribution is 2.30. The molecule has 170 valence electrons. The molecular formula is C22H33N5O4. The van der Waals surface area contributed by atoms with E-state index in [1.54, 1.807) is 20.7 Å². The fourth-order valence-corrected chi connectivity index (χ4v) is 4.40. The number of hydrogen-bond acceptors (Lipinski definition) is 5. The zero-order chi connectivity index (χ0) is 22.8. The molecular weight excluding hydrogens is 398 g/mol. The molecule has 0 radical (unpaired) electrons. The van der Waals surface area contributed by atoms with E-state index in [2.05, 4.69) is 17.0 Å². The van der Waals surface area contributed by atoms with Gasteiger partial charge in [0.15, 0.2) is 0 Å². The van der Waals surface area contributed by atoms with Gasteiger partial charge in [0.05, 0.1) is 12.0 Å². The lowest BCUT2D eigenvalue weighted by Gasteiger charge is -2.33. The molecule has 0 bridgehead atoms. The minimum absolute atomic E-state index is 0.0159. The lowest BCUT2D eigenvalue weighted by Crippen LogP contribution is -2.47. The van der Waals surface area contributed by atoms with Crippen LogP contribution in [0.4, 0.5) is 4.79 Å². The molecule has 1 N–H and O–H groups in total. The van der Waals surface area contributed by atoms with Crippen LogP contribution in [0.3, 0.4) is 0 Å². The number of aromatic nitrogens is 2. The number of ether oxygens (including phenoxy) is 1. The topological polar surface area (TPSA) is 96.8 Å². The third-order valence-corrected chi connectivity index (χ3v) is 5.83. The molecule has 2 aliphatic rings. The molecule has 0 saturated carbocycles. The van der Waals surface area contributed by atoms with Gasteiger partial charge in [0.1, 0.15) is 5.60 Å². The van der Waals surface area contributed by atoms with E-state index in [1.165, 1.54) is 6.08 Å². The molecule has 9 heteroatoms. The average Bonchev–Trinajstić information content (AvgIpc) is 3.31. The fraction of sp³-hybridized carbons (Fsp3) is 0.636. The van der Waals surface area contributed by atoms with Crippen LogP contribution in [0.1, 0.15) is 45.2 Å². The molecule has 0 aliphatic carbocycles. The summed E-state index contributed by atoms with van der Waals surface area (Å²) in [6, 6.07) is 1.62. The van der Waals surface area contributed by atoms with Crippen LogP contribution >= 0.6 is 0 Å². The van der Waals surface area contributed by atoms with Crippen molar-refractivity contribution in [2.45, 2.75) is 51.2 Å². The van der Waals surface area contributed by atoms with Gasteiger partial charge in [-0.2, -0.15) is 5.10 Å². The molecule has 1 aromatic heterocycles. The lowest BCUT2D eigenvalue weighted by molar-refractivity contribution is -0.138. The Morgan fingerprint density at radius 2 is 1.97 bits per heavy atom. The summed E-state index contributed by atoms with van der Waals surface area (Å²) in [6.45, 7) is 10.9. The molecule has 3 atom stereocenters. The molecule has 3 amide bonds. The van der Waals surface area contributed by atoms with Crippen LogP contribution in [0.5, 0.6) is 0 Å². The van der Waals surface area contributed by atoms with E-state index < -0.39 is 11.7 Å². The number of likely N-dealkylation sites (tertiary alicyclic amines) is 2. The van der Waals surface area contributed by atoms with Gasteiger partial charge in [-0.05, 0) is 45.8 Å². The monoisotopic (exact) mass is 431 g/mol. The van der Waals surface area contributed by atoms with E-state index in [0.717, 1.165) is 18.5 Å². The normalized spacial score (nSPS) is 24.1. The highest BCUT2D eigenvalue weighted by Gasteiger charge is 2.41. The van der Waals surface area contributed by atoms with E-state index in [9.17, 15) is 14.4 Å². The van der Waals surface area contributed by atoms with Crippen LogP contribution in [-0.4, -0.2) is 75.3 Å². The van der Waals surface area contributed by atoms with Crippen molar-refractivity contribution in [2.75, 3.05) is 26.2 Å². The number of rotatable bonds is 4. The molecule has 2 fully saturated rings. The Morgan fingerprint density at radius 1 is 1.23 bits per heavy atom. The summed E-state index contributed by atoms with van der Waals surface area (Å²) in [5.74, 6) is -0.470. The van der Waals surface area contributed by atoms with Crippen molar-refractivity contribution in [1.29, 1.82) is 0 Å². The van der Waals surface area contributed by atoms with Crippen molar-refractivity contribution in [1.82, 2.24) is 24.9 Å². The summed E-state index contributed by atoms with van der Waals surface area (Å²) < 4.78 is 7.20. The molecule has 2 aliphatic heterocycles. The fourth-order valence-electron chi connectivity index (χ4n) is 4.40. The van der Waals surface area contributed by atoms with Gasteiger partial charge in [-0.1, -0.05) is 6.58 Å². The number of carbonyl (C=O) groups excluding carboxylic acids is 3. The number of aryl methyl sites for hydroxylation is 1. The third-order valence-electron chi connectivity index (χ3n) is 5.83. The number of hydrogen-bond donors (Lipinski definition) is 1. The zero-order valence-corrected chi connectivity index (χ0v) is 18.8. The van der Waals surface area contributed by atoms with Crippen LogP contribution in [-0.2, 0) is 21.4 Å². The van der Waals surface area contributed by atoms with Crippen LogP contribution in [0, 0.1) is 5.92 Å². The number of carbonyl (C=O) groups is 3. The first-order valence-electron chi connectivity index (χ1n) is 10.8. The Hall–Kier alpha value is -2.84. The van der Waals surface area contributed by atoms with Crippen molar-refractivity contribution < 1.29 is 19.1 Å². The van der Waals surface area contributed by atoms with Crippen LogP contribution in [0.15, 0.2) is 24.9 Å².